The van der Waals surface area contributed by atoms with Crippen LogP contribution in [0.3, 0.4) is 0 Å². The van der Waals surface area contributed by atoms with Crippen LogP contribution in [-0.2, 0) is 0 Å². The van der Waals surface area contributed by atoms with Gasteiger partial charge in [0, 0.05) is 18.8 Å². The van der Waals surface area contributed by atoms with Crippen LogP contribution in [0, 0.1) is 5.92 Å². The maximum absolute atomic E-state index is 12.1. The van der Waals surface area contributed by atoms with Crippen LogP contribution < -0.4 is 11.1 Å². The Bertz CT molecular complexity index is 436. The number of nitrogens with zero attached hydrogens (tertiary/aromatic N) is 1. The molecule has 1 saturated carbocycles. The summed E-state index contributed by atoms with van der Waals surface area (Å²) < 4.78 is 0. The number of nitrogens with two attached hydrogens (primary N) is 1. The van der Waals surface area contributed by atoms with Crippen LogP contribution in [0.25, 0.3) is 0 Å². The van der Waals surface area contributed by atoms with Gasteiger partial charge >= 0.3 is 0 Å². The lowest BCUT2D eigenvalue weighted by Crippen LogP contribution is -2.46. The van der Waals surface area contributed by atoms with Crippen molar-refractivity contribution in [2.45, 2.75) is 38.1 Å². The minimum atomic E-state index is -0.348. The van der Waals surface area contributed by atoms with Crippen LogP contribution in [0.2, 0.25) is 0 Å². The highest BCUT2D eigenvalue weighted by molar-refractivity contribution is 5.94. The van der Waals surface area contributed by atoms with E-state index in [4.69, 9.17) is 5.73 Å². The van der Waals surface area contributed by atoms with Gasteiger partial charge in [-0.15, -0.1) is 12.4 Å². The third-order valence-corrected chi connectivity index (χ3v) is 3.79. The molecule has 6 heteroatoms. The van der Waals surface area contributed by atoms with Gasteiger partial charge in [0.2, 0.25) is 0 Å². The van der Waals surface area contributed by atoms with Gasteiger partial charge in [0.05, 0.1) is 0 Å². The lowest BCUT2D eigenvalue weighted by atomic mass is 9.84. The topological polar surface area (TPSA) is 88.2 Å². The summed E-state index contributed by atoms with van der Waals surface area (Å²) in [7, 11) is 0. The molecule has 0 saturated heterocycles. The SMILES string of the molecule is Cl.NCC(NC(=O)c1ncccc1O)C1CCCCC1. The predicted molar refractivity (Wildman–Crippen MR) is 80.0 cm³/mol. The molecule has 1 unspecified atom stereocenters. The highest BCUT2D eigenvalue weighted by atomic mass is 35.5. The number of rotatable bonds is 4. The average molecular weight is 300 g/mol. The summed E-state index contributed by atoms with van der Waals surface area (Å²) in [5, 5.41) is 12.5. The van der Waals surface area contributed by atoms with E-state index in [-0.39, 0.29) is 35.8 Å². The van der Waals surface area contributed by atoms with Crippen LogP contribution >= 0.6 is 12.4 Å². The molecular weight excluding hydrogens is 278 g/mol. The van der Waals surface area contributed by atoms with Crippen molar-refractivity contribution in [3.8, 4) is 5.75 Å². The molecule has 4 N–H and O–H groups in total. The van der Waals surface area contributed by atoms with Gasteiger partial charge in [0.25, 0.3) is 5.91 Å². The fourth-order valence-corrected chi connectivity index (χ4v) is 2.71. The van der Waals surface area contributed by atoms with Crippen molar-refractivity contribution < 1.29 is 9.90 Å². The minimum absolute atomic E-state index is 0. The molecule has 0 radical (unpaired) electrons. The molecule has 1 aliphatic rings. The maximum Gasteiger partial charge on any atom is 0.274 e. The number of carbonyl (C=O) groups is 1. The third-order valence-electron chi connectivity index (χ3n) is 3.79. The fraction of sp³-hybridized carbons (Fsp3) is 0.571. The number of pyridine rings is 1. The summed E-state index contributed by atoms with van der Waals surface area (Å²) >= 11 is 0. The Labute approximate surface area is 125 Å². The Morgan fingerprint density at radius 3 is 2.75 bits per heavy atom. The lowest BCUT2D eigenvalue weighted by Gasteiger charge is -2.30. The van der Waals surface area contributed by atoms with E-state index in [0.29, 0.717) is 12.5 Å². The van der Waals surface area contributed by atoms with Crippen LogP contribution in [0.4, 0.5) is 0 Å². The van der Waals surface area contributed by atoms with E-state index in [1.165, 1.54) is 31.5 Å². The zero-order chi connectivity index (χ0) is 13.7. The molecule has 5 nitrogen and oxygen atoms in total. The molecule has 0 bridgehead atoms. The predicted octanol–water partition coefficient (Wildman–Crippen LogP) is 1.85. The Balaban J connectivity index is 0.00000200. The highest BCUT2D eigenvalue weighted by Crippen LogP contribution is 2.26. The van der Waals surface area contributed by atoms with Crippen LogP contribution in [0.1, 0.15) is 42.6 Å². The molecular formula is C14H22ClN3O2. The third kappa shape index (κ3) is 4.08. The Morgan fingerprint density at radius 2 is 2.15 bits per heavy atom. The van der Waals surface area contributed by atoms with Gasteiger partial charge in [0.15, 0.2) is 5.69 Å². The number of carbonyl (C=O) groups excluding carboxylic acids is 1. The fourth-order valence-electron chi connectivity index (χ4n) is 2.71. The molecule has 0 spiro atoms. The minimum Gasteiger partial charge on any atom is -0.505 e. The van der Waals surface area contributed by atoms with E-state index in [1.54, 1.807) is 6.07 Å². The molecule has 1 aliphatic carbocycles. The first kappa shape index (κ1) is 16.7. The molecule has 20 heavy (non-hydrogen) atoms. The second-order valence-electron chi connectivity index (χ2n) is 5.08. The summed E-state index contributed by atoms with van der Waals surface area (Å²) in [6, 6.07) is 3.02. The number of aromatic hydroxyl groups is 1. The van der Waals surface area contributed by atoms with Crippen LogP contribution in [-0.4, -0.2) is 28.6 Å². The first-order valence-electron chi connectivity index (χ1n) is 6.87. The van der Waals surface area contributed by atoms with Gasteiger partial charge in [-0.3, -0.25) is 4.79 Å². The number of hydrogen-bond donors (Lipinski definition) is 3. The monoisotopic (exact) mass is 299 g/mol. The first-order valence-corrected chi connectivity index (χ1v) is 6.87. The first-order chi connectivity index (χ1) is 9.22. The quantitative estimate of drug-likeness (QED) is 0.791. The Hall–Kier alpha value is -1.33. The molecule has 1 heterocycles. The van der Waals surface area contributed by atoms with Crippen LogP contribution in [0.15, 0.2) is 18.3 Å². The summed E-state index contributed by atoms with van der Waals surface area (Å²) in [6.07, 6.45) is 7.37. The van der Waals surface area contributed by atoms with Crippen molar-refractivity contribution in [1.82, 2.24) is 10.3 Å². The van der Waals surface area contributed by atoms with Gasteiger partial charge in [-0.2, -0.15) is 0 Å². The molecule has 112 valence electrons. The van der Waals surface area contributed by atoms with Crippen molar-refractivity contribution in [2.24, 2.45) is 11.7 Å². The molecule has 1 fully saturated rings. The van der Waals surface area contributed by atoms with E-state index < -0.39 is 0 Å². The van der Waals surface area contributed by atoms with E-state index in [2.05, 4.69) is 10.3 Å². The number of nitrogens with one attached hydrogen (secondary N) is 1. The zero-order valence-corrected chi connectivity index (χ0v) is 12.2. The van der Waals surface area contributed by atoms with Crippen molar-refractivity contribution in [3.63, 3.8) is 0 Å². The lowest BCUT2D eigenvalue weighted by molar-refractivity contribution is 0.0907. The smallest absolute Gasteiger partial charge is 0.274 e. The Kier molecular flexibility index (Phi) is 6.75. The largest absolute Gasteiger partial charge is 0.505 e. The summed E-state index contributed by atoms with van der Waals surface area (Å²) in [5.74, 6) is -0.00732. The highest BCUT2D eigenvalue weighted by Gasteiger charge is 2.25. The normalized spacial score (nSPS) is 17.1. The van der Waals surface area contributed by atoms with Crippen molar-refractivity contribution in [2.75, 3.05) is 6.54 Å². The van der Waals surface area contributed by atoms with Crippen LogP contribution in [0.5, 0.6) is 5.75 Å². The second-order valence-corrected chi connectivity index (χ2v) is 5.08. The maximum atomic E-state index is 12.1. The summed E-state index contributed by atoms with van der Waals surface area (Å²) in [5.41, 5.74) is 5.84. The van der Waals surface area contributed by atoms with E-state index in [0.717, 1.165) is 12.8 Å². The molecule has 0 aromatic carbocycles. The summed E-state index contributed by atoms with van der Waals surface area (Å²) in [4.78, 5) is 16.0. The molecule has 0 aliphatic heterocycles. The standard InChI is InChI=1S/C14H21N3O2.ClH/c15-9-11(10-5-2-1-3-6-10)17-14(19)13-12(18)7-4-8-16-13;/h4,7-8,10-11,18H,1-3,5-6,9,15H2,(H,17,19);1H. The molecule has 1 aromatic heterocycles. The van der Waals surface area contributed by atoms with E-state index in [9.17, 15) is 9.90 Å². The molecule has 2 rings (SSSR count). The van der Waals surface area contributed by atoms with Gasteiger partial charge in [-0.1, -0.05) is 19.3 Å². The number of halogens is 1. The molecule has 1 amide bonds. The molecule has 1 aromatic rings. The average Bonchev–Trinajstić information content (AvgIpc) is 2.46. The van der Waals surface area contributed by atoms with Crippen molar-refractivity contribution in [1.29, 1.82) is 0 Å². The number of hydrogen-bond acceptors (Lipinski definition) is 4. The zero-order valence-electron chi connectivity index (χ0n) is 11.4. The number of amides is 1. The van der Waals surface area contributed by atoms with Gasteiger partial charge < -0.3 is 16.2 Å². The van der Waals surface area contributed by atoms with Gasteiger partial charge in [-0.05, 0) is 30.9 Å². The molecule has 1 atom stereocenters. The Morgan fingerprint density at radius 1 is 1.45 bits per heavy atom. The van der Waals surface area contributed by atoms with E-state index >= 15 is 0 Å². The van der Waals surface area contributed by atoms with Gasteiger partial charge in [0.1, 0.15) is 5.75 Å². The number of aromatic nitrogens is 1. The second kappa shape index (κ2) is 8.07. The van der Waals surface area contributed by atoms with E-state index in [1.807, 2.05) is 0 Å². The van der Waals surface area contributed by atoms with Crippen molar-refractivity contribution in [3.05, 3.63) is 24.0 Å². The van der Waals surface area contributed by atoms with Gasteiger partial charge in [-0.25, -0.2) is 4.98 Å². The summed E-state index contributed by atoms with van der Waals surface area (Å²) in [6.45, 7) is 0.421. The van der Waals surface area contributed by atoms with Crippen molar-refractivity contribution >= 4 is 18.3 Å².